The van der Waals surface area contributed by atoms with Crippen LogP contribution in [0.25, 0.3) is 0 Å². The van der Waals surface area contributed by atoms with Crippen molar-refractivity contribution < 1.29 is 14.4 Å². The highest BCUT2D eigenvalue weighted by molar-refractivity contribution is 6.34. The summed E-state index contributed by atoms with van der Waals surface area (Å²) in [6.45, 7) is 5.74. The van der Waals surface area contributed by atoms with Crippen LogP contribution < -0.4 is 4.90 Å². The first-order valence-corrected chi connectivity index (χ1v) is 11.4. The van der Waals surface area contributed by atoms with Gasteiger partial charge in [-0.05, 0) is 67.8 Å². The molecule has 34 heavy (non-hydrogen) atoms. The SMILES string of the molecule is COCN(C(=O)c1ccc(C2=NOC(C)(c3cc(Cl)cc(Cl)c3)C2)cc1C)c1ncc(C)cn1. The zero-order chi connectivity index (χ0) is 24.5. The van der Waals surface area contributed by atoms with Gasteiger partial charge in [-0.15, -0.1) is 0 Å². The van der Waals surface area contributed by atoms with Gasteiger partial charge in [-0.1, -0.05) is 34.4 Å². The van der Waals surface area contributed by atoms with Gasteiger partial charge in [0.05, 0.1) is 5.71 Å². The van der Waals surface area contributed by atoms with Gasteiger partial charge in [0.25, 0.3) is 5.91 Å². The summed E-state index contributed by atoms with van der Waals surface area (Å²) >= 11 is 12.4. The van der Waals surface area contributed by atoms with E-state index in [1.165, 1.54) is 12.0 Å². The molecule has 0 saturated heterocycles. The Labute approximate surface area is 208 Å². The molecule has 176 valence electrons. The van der Waals surface area contributed by atoms with Crippen LogP contribution in [0, 0.1) is 13.8 Å². The summed E-state index contributed by atoms with van der Waals surface area (Å²) in [5.74, 6) is 0.0308. The molecule has 0 radical (unpaired) electrons. The van der Waals surface area contributed by atoms with E-state index < -0.39 is 5.60 Å². The average Bonchev–Trinajstić information content (AvgIpc) is 3.20. The van der Waals surface area contributed by atoms with Crippen molar-refractivity contribution in [3.05, 3.63) is 86.7 Å². The highest BCUT2D eigenvalue weighted by Crippen LogP contribution is 2.38. The van der Waals surface area contributed by atoms with Gasteiger partial charge in [-0.2, -0.15) is 0 Å². The van der Waals surface area contributed by atoms with Crippen LogP contribution in [0.15, 0.2) is 53.9 Å². The minimum absolute atomic E-state index is 0.0319. The Kier molecular flexibility index (Phi) is 6.89. The number of amides is 1. The minimum atomic E-state index is -0.690. The smallest absolute Gasteiger partial charge is 0.262 e. The van der Waals surface area contributed by atoms with Gasteiger partial charge < -0.3 is 9.57 Å². The van der Waals surface area contributed by atoms with Crippen LogP contribution in [0.4, 0.5) is 5.95 Å². The number of anilines is 1. The lowest BCUT2D eigenvalue weighted by molar-refractivity contribution is -0.00737. The molecule has 7 nitrogen and oxygen atoms in total. The zero-order valence-electron chi connectivity index (χ0n) is 19.3. The van der Waals surface area contributed by atoms with Crippen LogP contribution in [0.3, 0.4) is 0 Å². The Hall–Kier alpha value is -3.00. The molecule has 0 bridgehead atoms. The number of hydrogen-bond acceptors (Lipinski definition) is 6. The van der Waals surface area contributed by atoms with E-state index in [-0.39, 0.29) is 18.6 Å². The third-order valence-corrected chi connectivity index (χ3v) is 6.07. The fourth-order valence-electron chi connectivity index (χ4n) is 3.80. The largest absolute Gasteiger partial charge is 0.384 e. The Morgan fingerprint density at radius 2 is 1.79 bits per heavy atom. The Bertz CT molecular complexity index is 1240. The summed E-state index contributed by atoms with van der Waals surface area (Å²) in [5, 5.41) is 5.40. The molecule has 0 aliphatic carbocycles. The third-order valence-electron chi connectivity index (χ3n) is 5.64. The maximum Gasteiger partial charge on any atom is 0.262 e. The van der Waals surface area contributed by atoms with E-state index in [2.05, 4.69) is 15.1 Å². The van der Waals surface area contributed by atoms with Gasteiger partial charge in [0.2, 0.25) is 5.95 Å². The van der Waals surface area contributed by atoms with Crippen LogP contribution in [0.2, 0.25) is 10.0 Å². The number of halogens is 2. The first-order chi connectivity index (χ1) is 16.2. The van der Waals surface area contributed by atoms with E-state index in [0.29, 0.717) is 22.0 Å². The molecule has 0 fully saturated rings. The molecule has 0 spiro atoms. The molecule has 1 unspecified atom stereocenters. The predicted molar refractivity (Wildman–Crippen MR) is 133 cm³/mol. The van der Waals surface area contributed by atoms with E-state index >= 15 is 0 Å². The number of carbonyl (C=O) groups is 1. The van der Waals surface area contributed by atoms with E-state index in [4.69, 9.17) is 32.8 Å². The maximum absolute atomic E-state index is 13.3. The maximum atomic E-state index is 13.3. The van der Waals surface area contributed by atoms with Gasteiger partial charge in [0.15, 0.2) is 5.60 Å². The predicted octanol–water partition coefficient (Wildman–Crippen LogP) is 5.69. The topological polar surface area (TPSA) is 76.9 Å². The number of benzene rings is 2. The van der Waals surface area contributed by atoms with Gasteiger partial charge in [0, 0.05) is 47.1 Å². The number of ether oxygens (including phenoxy) is 1. The standard InChI is InChI=1S/C25H24Cl2N4O3/c1-15-12-28-24(29-13-15)31(14-33-4)23(32)21-6-5-17(7-16(21)2)22-11-25(3,34-30-22)18-8-19(26)10-20(27)9-18/h5-10,12-13H,11,14H2,1-4H3. The number of methoxy groups -OCH3 is 1. The van der Waals surface area contributed by atoms with Crippen molar-refractivity contribution in [1.29, 1.82) is 0 Å². The first-order valence-electron chi connectivity index (χ1n) is 10.6. The number of hydrogen-bond donors (Lipinski definition) is 0. The number of oxime groups is 1. The second kappa shape index (κ2) is 9.70. The molecule has 1 amide bonds. The Balaban J connectivity index is 1.57. The van der Waals surface area contributed by atoms with Gasteiger partial charge in [-0.3, -0.25) is 9.69 Å². The van der Waals surface area contributed by atoms with Crippen molar-refractivity contribution >= 4 is 40.8 Å². The van der Waals surface area contributed by atoms with E-state index in [0.717, 1.165) is 28.0 Å². The zero-order valence-corrected chi connectivity index (χ0v) is 20.8. The molecule has 3 aromatic rings. The summed E-state index contributed by atoms with van der Waals surface area (Å²) in [7, 11) is 1.52. The molecule has 2 aromatic carbocycles. The van der Waals surface area contributed by atoms with E-state index in [9.17, 15) is 4.79 Å². The molecule has 4 rings (SSSR count). The van der Waals surface area contributed by atoms with Crippen LogP contribution >= 0.6 is 23.2 Å². The van der Waals surface area contributed by atoms with Crippen molar-refractivity contribution in [2.45, 2.75) is 32.8 Å². The summed E-state index contributed by atoms with van der Waals surface area (Å²) < 4.78 is 5.23. The van der Waals surface area contributed by atoms with Gasteiger partial charge in [-0.25, -0.2) is 9.97 Å². The Morgan fingerprint density at radius 3 is 2.41 bits per heavy atom. The van der Waals surface area contributed by atoms with Crippen molar-refractivity contribution in [2.24, 2.45) is 5.16 Å². The van der Waals surface area contributed by atoms with Crippen LogP contribution in [0.1, 0.15) is 46.0 Å². The molecule has 1 aliphatic rings. The molecule has 2 heterocycles. The highest BCUT2D eigenvalue weighted by atomic mass is 35.5. The molecular weight excluding hydrogens is 475 g/mol. The number of nitrogens with zero attached hydrogens (tertiary/aromatic N) is 4. The first kappa shape index (κ1) is 24.1. The van der Waals surface area contributed by atoms with Crippen molar-refractivity contribution in [3.63, 3.8) is 0 Å². The lowest BCUT2D eigenvalue weighted by atomic mass is 9.88. The third kappa shape index (κ3) is 4.92. The summed E-state index contributed by atoms with van der Waals surface area (Å²) in [5.41, 5.74) is 4.02. The number of rotatable bonds is 6. The van der Waals surface area contributed by atoms with Crippen molar-refractivity contribution in [2.75, 3.05) is 18.7 Å². The van der Waals surface area contributed by atoms with Gasteiger partial charge >= 0.3 is 0 Å². The van der Waals surface area contributed by atoms with E-state index in [1.54, 1.807) is 24.5 Å². The molecule has 9 heteroatoms. The van der Waals surface area contributed by atoms with Crippen molar-refractivity contribution in [3.8, 4) is 0 Å². The number of aromatic nitrogens is 2. The summed E-state index contributed by atoms with van der Waals surface area (Å²) in [6, 6.07) is 10.9. The molecule has 0 saturated carbocycles. The molecule has 1 aliphatic heterocycles. The summed E-state index contributed by atoms with van der Waals surface area (Å²) in [4.78, 5) is 29.1. The van der Waals surface area contributed by atoms with Crippen LogP contribution in [-0.4, -0.2) is 35.4 Å². The quantitative estimate of drug-likeness (QED) is 0.408. The second-order valence-electron chi connectivity index (χ2n) is 8.44. The van der Waals surface area contributed by atoms with Crippen molar-refractivity contribution in [1.82, 2.24) is 9.97 Å². The average molecular weight is 499 g/mol. The molecule has 1 aromatic heterocycles. The lowest BCUT2D eigenvalue weighted by Crippen LogP contribution is -2.34. The number of aryl methyl sites for hydroxylation is 2. The second-order valence-corrected chi connectivity index (χ2v) is 9.31. The molecular formula is C25H24Cl2N4O3. The minimum Gasteiger partial charge on any atom is -0.384 e. The highest BCUT2D eigenvalue weighted by Gasteiger charge is 2.37. The Morgan fingerprint density at radius 1 is 1.12 bits per heavy atom. The van der Waals surface area contributed by atoms with Crippen LogP contribution in [-0.2, 0) is 15.2 Å². The van der Waals surface area contributed by atoms with Gasteiger partial charge in [0.1, 0.15) is 6.73 Å². The molecule has 1 atom stereocenters. The van der Waals surface area contributed by atoms with Crippen LogP contribution in [0.5, 0.6) is 0 Å². The normalized spacial score (nSPS) is 17.3. The fourth-order valence-corrected chi connectivity index (χ4v) is 4.32. The monoisotopic (exact) mass is 498 g/mol. The van der Waals surface area contributed by atoms with E-state index in [1.807, 2.05) is 45.0 Å². The summed E-state index contributed by atoms with van der Waals surface area (Å²) in [6.07, 6.45) is 3.86. The molecule has 0 N–H and O–H groups in total. The number of carbonyl (C=O) groups excluding carboxylic acids is 1. The lowest BCUT2D eigenvalue weighted by Gasteiger charge is -2.22. The fraction of sp³-hybridized carbons (Fsp3) is 0.280.